The summed E-state index contributed by atoms with van der Waals surface area (Å²) in [5.41, 5.74) is 1.75. The van der Waals surface area contributed by atoms with Crippen molar-refractivity contribution in [3.63, 3.8) is 0 Å². The first-order valence-corrected chi connectivity index (χ1v) is 12.0. The van der Waals surface area contributed by atoms with Crippen molar-refractivity contribution in [2.45, 2.75) is 57.2 Å². The molecule has 4 aliphatic rings. The van der Waals surface area contributed by atoms with Crippen LogP contribution in [0, 0.1) is 11.8 Å². The number of aromatic nitrogens is 2. The van der Waals surface area contributed by atoms with E-state index in [4.69, 9.17) is 4.42 Å². The largest absolute Gasteiger partial charge is 0.463 e. The Morgan fingerprint density at radius 1 is 1.16 bits per heavy atom. The zero-order valence-electron chi connectivity index (χ0n) is 18.4. The Kier molecular flexibility index (Phi) is 5.01. The molecule has 168 valence electrons. The van der Waals surface area contributed by atoms with Gasteiger partial charge in [0.05, 0.1) is 12.3 Å². The molecule has 7 heteroatoms. The van der Waals surface area contributed by atoms with Gasteiger partial charge >= 0.3 is 0 Å². The summed E-state index contributed by atoms with van der Waals surface area (Å²) in [6, 6.07) is 7.57. The topological polar surface area (TPSA) is 71.6 Å². The molecule has 32 heavy (non-hydrogen) atoms. The summed E-state index contributed by atoms with van der Waals surface area (Å²) in [4.78, 5) is 30.7. The van der Waals surface area contributed by atoms with Crippen molar-refractivity contribution in [2.75, 3.05) is 19.6 Å². The predicted molar refractivity (Wildman–Crippen MR) is 120 cm³/mol. The van der Waals surface area contributed by atoms with E-state index in [1.165, 1.54) is 48.5 Å². The molecule has 0 saturated carbocycles. The number of rotatable bonds is 3. The number of hydrogen-bond donors (Lipinski definition) is 0. The van der Waals surface area contributed by atoms with Crippen LogP contribution in [-0.4, -0.2) is 57.2 Å². The minimum absolute atomic E-state index is 0.00832. The smallest absolute Gasteiger partial charge is 0.267 e. The molecule has 5 heterocycles. The highest BCUT2D eigenvalue weighted by Crippen LogP contribution is 2.45. The van der Waals surface area contributed by atoms with Gasteiger partial charge in [-0.1, -0.05) is 18.1 Å². The van der Waals surface area contributed by atoms with Crippen LogP contribution in [0.4, 0.5) is 0 Å². The lowest BCUT2D eigenvalue weighted by Gasteiger charge is -2.54. The van der Waals surface area contributed by atoms with Crippen molar-refractivity contribution < 1.29 is 9.21 Å². The minimum atomic E-state index is -0.265. The van der Waals surface area contributed by atoms with Gasteiger partial charge in [-0.15, -0.1) is 0 Å². The first-order chi connectivity index (χ1) is 15.7. The second-order valence-corrected chi connectivity index (χ2v) is 9.79. The number of likely N-dealkylation sites (tertiary alicyclic amines) is 1. The second-order valence-electron chi connectivity index (χ2n) is 9.79. The molecule has 2 aromatic heterocycles. The number of carbonyl (C=O) groups is 1. The average Bonchev–Trinajstić information content (AvgIpc) is 3.35. The molecule has 4 atom stereocenters. The van der Waals surface area contributed by atoms with E-state index in [0.29, 0.717) is 29.3 Å². The maximum absolute atomic E-state index is 13.5. The van der Waals surface area contributed by atoms with E-state index in [2.05, 4.69) is 16.1 Å². The summed E-state index contributed by atoms with van der Waals surface area (Å²) in [6.07, 6.45) is 11.3. The van der Waals surface area contributed by atoms with Crippen molar-refractivity contribution >= 4 is 5.91 Å². The van der Waals surface area contributed by atoms with Crippen LogP contribution in [0.3, 0.4) is 0 Å². The van der Waals surface area contributed by atoms with Crippen LogP contribution in [0.1, 0.15) is 38.5 Å². The van der Waals surface area contributed by atoms with E-state index in [1.54, 1.807) is 24.5 Å². The van der Waals surface area contributed by atoms with Gasteiger partial charge in [-0.05, 0) is 68.7 Å². The molecule has 3 saturated heterocycles. The monoisotopic (exact) mass is 434 g/mol. The van der Waals surface area contributed by atoms with Gasteiger partial charge < -0.3 is 9.32 Å². The summed E-state index contributed by atoms with van der Waals surface area (Å²) in [7, 11) is 0. The Morgan fingerprint density at radius 2 is 2.09 bits per heavy atom. The molecular weight excluding hydrogens is 404 g/mol. The van der Waals surface area contributed by atoms with Gasteiger partial charge in [-0.2, -0.15) is 5.10 Å². The molecular formula is C25H30N4O3. The van der Waals surface area contributed by atoms with Crippen LogP contribution in [0.2, 0.25) is 0 Å². The Labute approximate surface area is 187 Å². The van der Waals surface area contributed by atoms with Gasteiger partial charge in [0, 0.05) is 25.2 Å². The zero-order chi connectivity index (χ0) is 21.7. The van der Waals surface area contributed by atoms with Crippen molar-refractivity contribution in [3.05, 3.63) is 52.5 Å². The molecule has 0 unspecified atom stereocenters. The van der Waals surface area contributed by atoms with E-state index >= 15 is 0 Å². The van der Waals surface area contributed by atoms with Crippen molar-refractivity contribution in [3.8, 4) is 11.5 Å². The van der Waals surface area contributed by atoms with Crippen LogP contribution in [0.25, 0.3) is 11.5 Å². The Bertz CT molecular complexity index is 1090. The van der Waals surface area contributed by atoms with E-state index in [1.807, 2.05) is 4.90 Å². The number of carbonyl (C=O) groups excluding carboxylic acids is 1. The lowest BCUT2D eigenvalue weighted by atomic mass is 9.68. The third-order valence-electron chi connectivity index (χ3n) is 7.90. The molecule has 0 radical (unpaired) electrons. The average molecular weight is 435 g/mol. The molecule has 2 aromatic rings. The Balaban J connectivity index is 1.26. The highest BCUT2D eigenvalue weighted by Gasteiger charge is 2.46. The van der Waals surface area contributed by atoms with Crippen molar-refractivity contribution in [1.29, 1.82) is 0 Å². The Hall–Kier alpha value is -2.67. The van der Waals surface area contributed by atoms with E-state index in [-0.39, 0.29) is 24.1 Å². The SMILES string of the molecule is O=C(Cn1nc(-c2ccco2)ccc1=O)N1CCCC2=C[C@H]3C[C@@H](CN4CCCC[C@@H]34)[C@@H]21. The number of amides is 1. The minimum Gasteiger partial charge on any atom is -0.463 e. The number of fused-ring (bicyclic) bond motifs is 6. The van der Waals surface area contributed by atoms with Crippen LogP contribution < -0.4 is 5.56 Å². The molecule has 0 spiro atoms. The summed E-state index contributed by atoms with van der Waals surface area (Å²) in [5.74, 6) is 1.72. The molecule has 1 amide bonds. The predicted octanol–water partition coefficient (Wildman–Crippen LogP) is 2.92. The number of piperidine rings is 3. The van der Waals surface area contributed by atoms with E-state index < -0.39 is 0 Å². The Morgan fingerprint density at radius 3 is 2.97 bits per heavy atom. The van der Waals surface area contributed by atoms with Crippen LogP contribution >= 0.6 is 0 Å². The quantitative estimate of drug-likeness (QED) is 0.695. The fourth-order valence-electron chi connectivity index (χ4n) is 6.59. The van der Waals surface area contributed by atoms with E-state index in [0.717, 1.165) is 25.9 Å². The van der Waals surface area contributed by atoms with Crippen molar-refractivity contribution in [1.82, 2.24) is 19.6 Å². The third-order valence-corrected chi connectivity index (χ3v) is 7.90. The second kappa shape index (κ2) is 8.03. The third kappa shape index (κ3) is 3.43. The molecule has 7 nitrogen and oxygen atoms in total. The maximum atomic E-state index is 13.5. The normalized spacial score (nSPS) is 29.8. The lowest BCUT2D eigenvalue weighted by molar-refractivity contribution is -0.137. The molecule has 3 aliphatic heterocycles. The molecule has 2 bridgehead atoms. The molecule has 0 N–H and O–H groups in total. The highest BCUT2D eigenvalue weighted by atomic mass is 16.3. The van der Waals surface area contributed by atoms with Crippen molar-refractivity contribution in [2.24, 2.45) is 11.8 Å². The fourth-order valence-corrected chi connectivity index (χ4v) is 6.59. The summed E-state index contributed by atoms with van der Waals surface area (Å²) < 4.78 is 6.69. The van der Waals surface area contributed by atoms with E-state index in [9.17, 15) is 9.59 Å². The maximum Gasteiger partial charge on any atom is 0.267 e. The van der Waals surface area contributed by atoms with Gasteiger partial charge in [0.25, 0.3) is 5.56 Å². The van der Waals surface area contributed by atoms with Gasteiger partial charge in [-0.3, -0.25) is 14.5 Å². The van der Waals surface area contributed by atoms with Crippen LogP contribution in [-0.2, 0) is 11.3 Å². The lowest BCUT2D eigenvalue weighted by Crippen LogP contribution is -2.60. The standard InChI is InChI=1S/C25H30N4O3/c30-23-9-8-20(22-7-4-12-32-22)26-29(23)16-24(31)28-11-3-5-17-13-18-14-19(25(17)28)15-27-10-2-1-6-21(18)27/h4,7-9,12-13,18-19,21,25H,1-3,5-6,10-11,14-16H2/t18-,19-,21-,25+/m0/s1. The van der Waals surface area contributed by atoms with Crippen LogP contribution in [0.5, 0.6) is 0 Å². The van der Waals surface area contributed by atoms with Crippen LogP contribution in [0.15, 0.2) is 51.4 Å². The first-order valence-electron chi connectivity index (χ1n) is 12.0. The fraction of sp³-hybridized carbons (Fsp3) is 0.560. The van der Waals surface area contributed by atoms with Gasteiger partial charge in [0.2, 0.25) is 5.91 Å². The van der Waals surface area contributed by atoms with Gasteiger partial charge in [0.15, 0.2) is 5.76 Å². The summed E-state index contributed by atoms with van der Waals surface area (Å²) in [6.45, 7) is 3.03. The number of hydrogen-bond acceptors (Lipinski definition) is 5. The number of furan rings is 1. The van der Waals surface area contributed by atoms with Gasteiger partial charge in [-0.25, -0.2) is 4.68 Å². The summed E-state index contributed by atoms with van der Waals surface area (Å²) in [5, 5.41) is 4.41. The molecule has 1 aliphatic carbocycles. The summed E-state index contributed by atoms with van der Waals surface area (Å²) >= 11 is 0. The molecule has 3 fully saturated rings. The molecule has 0 aromatic carbocycles. The molecule has 6 rings (SSSR count). The van der Waals surface area contributed by atoms with Gasteiger partial charge in [0.1, 0.15) is 12.2 Å². The zero-order valence-corrected chi connectivity index (χ0v) is 18.4. The highest BCUT2D eigenvalue weighted by molar-refractivity contribution is 5.77. The first kappa shape index (κ1) is 20.0. The number of nitrogens with zero attached hydrogens (tertiary/aromatic N) is 4.